The Kier molecular flexibility index (Phi) is 5.03. The highest BCUT2D eigenvalue weighted by Crippen LogP contribution is 2.11. The van der Waals surface area contributed by atoms with E-state index in [-0.39, 0.29) is 11.6 Å². The first kappa shape index (κ1) is 13.6. The molecule has 1 rings (SSSR count). The van der Waals surface area contributed by atoms with Crippen molar-refractivity contribution in [3.63, 3.8) is 0 Å². The molecule has 0 fully saturated rings. The molecule has 1 aromatic rings. The van der Waals surface area contributed by atoms with E-state index in [2.05, 4.69) is 5.32 Å². The van der Waals surface area contributed by atoms with Gasteiger partial charge in [0.15, 0.2) is 11.6 Å². The van der Waals surface area contributed by atoms with Crippen LogP contribution in [0.4, 0.5) is 8.78 Å². The Bertz CT molecular complexity index is 396. The molecular weight excluding hydrogens is 226 g/mol. The van der Waals surface area contributed by atoms with E-state index in [1.807, 2.05) is 0 Å². The maximum Gasteiger partial charge on any atom is 0.254 e. The lowest BCUT2D eigenvalue weighted by molar-refractivity contribution is 0.0933. The predicted octanol–water partition coefficient (Wildman–Crippen LogP) is 1.82. The molecule has 1 amide bonds. The van der Waals surface area contributed by atoms with Crippen molar-refractivity contribution in [3.8, 4) is 0 Å². The van der Waals surface area contributed by atoms with Gasteiger partial charge >= 0.3 is 0 Å². The number of halogens is 2. The fraction of sp³-hybridized carbons (Fsp3) is 0.417. The molecule has 3 N–H and O–H groups in total. The molecule has 0 aromatic heterocycles. The van der Waals surface area contributed by atoms with Crippen molar-refractivity contribution in [1.29, 1.82) is 0 Å². The summed E-state index contributed by atoms with van der Waals surface area (Å²) in [5.74, 6) is -2.74. The van der Waals surface area contributed by atoms with E-state index in [1.54, 1.807) is 6.92 Å². The smallest absolute Gasteiger partial charge is 0.254 e. The molecule has 0 spiro atoms. The highest BCUT2D eigenvalue weighted by molar-refractivity contribution is 5.94. The summed E-state index contributed by atoms with van der Waals surface area (Å²) in [5.41, 5.74) is 5.07. The van der Waals surface area contributed by atoms with Crippen LogP contribution in [-0.2, 0) is 0 Å². The van der Waals surface area contributed by atoms with Crippen LogP contribution in [0.25, 0.3) is 0 Å². The summed E-state index contributed by atoms with van der Waals surface area (Å²) in [6, 6.07) is 3.42. The minimum absolute atomic E-state index is 0.117. The van der Waals surface area contributed by atoms with E-state index in [9.17, 15) is 13.6 Å². The summed E-state index contributed by atoms with van der Waals surface area (Å²) in [5, 5.41) is 2.60. The standard InChI is InChI=1S/C12H16F2N2O/c1-8(4-3-7-15)16-12(17)9-5-2-6-10(13)11(9)14/h2,5-6,8H,3-4,7,15H2,1H3,(H,16,17). The maximum absolute atomic E-state index is 13.3. The van der Waals surface area contributed by atoms with E-state index >= 15 is 0 Å². The Balaban J connectivity index is 2.67. The molecule has 1 unspecified atom stereocenters. The molecule has 0 aliphatic heterocycles. The normalized spacial score (nSPS) is 12.2. The SMILES string of the molecule is CC(CCCN)NC(=O)c1cccc(F)c1F. The van der Waals surface area contributed by atoms with Crippen LogP contribution in [0.2, 0.25) is 0 Å². The van der Waals surface area contributed by atoms with Crippen LogP contribution in [-0.4, -0.2) is 18.5 Å². The van der Waals surface area contributed by atoms with E-state index in [0.29, 0.717) is 13.0 Å². The summed E-state index contributed by atoms with van der Waals surface area (Å²) >= 11 is 0. The largest absolute Gasteiger partial charge is 0.349 e. The summed E-state index contributed by atoms with van der Waals surface area (Å²) in [4.78, 5) is 11.6. The molecule has 3 nitrogen and oxygen atoms in total. The van der Waals surface area contributed by atoms with Gasteiger partial charge in [0, 0.05) is 6.04 Å². The van der Waals surface area contributed by atoms with Gasteiger partial charge in [0.25, 0.3) is 5.91 Å². The number of carbonyl (C=O) groups is 1. The lowest BCUT2D eigenvalue weighted by Gasteiger charge is -2.13. The van der Waals surface area contributed by atoms with Crippen molar-refractivity contribution >= 4 is 5.91 Å². The van der Waals surface area contributed by atoms with Crippen molar-refractivity contribution in [1.82, 2.24) is 5.32 Å². The third-order valence-electron chi connectivity index (χ3n) is 2.41. The first-order valence-electron chi connectivity index (χ1n) is 5.51. The van der Waals surface area contributed by atoms with Crippen LogP contribution < -0.4 is 11.1 Å². The van der Waals surface area contributed by atoms with Crippen LogP contribution in [0.15, 0.2) is 18.2 Å². The molecule has 0 saturated heterocycles. The molecule has 1 aromatic carbocycles. The average Bonchev–Trinajstić information content (AvgIpc) is 2.29. The monoisotopic (exact) mass is 242 g/mol. The van der Waals surface area contributed by atoms with Crippen LogP contribution in [0, 0.1) is 11.6 Å². The average molecular weight is 242 g/mol. The Hall–Kier alpha value is -1.49. The van der Waals surface area contributed by atoms with Crippen molar-refractivity contribution in [3.05, 3.63) is 35.4 Å². The molecule has 0 aliphatic rings. The van der Waals surface area contributed by atoms with Crippen molar-refractivity contribution in [2.45, 2.75) is 25.8 Å². The molecule has 0 aliphatic carbocycles. The lowest BCUT2D eigenvalue weighted by Crippen LogP contribution is -2.33. The highest BCUT2D eigenvalue weighted by atomic mass is 19.2. The molecule has 0 saturated carbocycles. The second-order valence-corrected chi connectivity index (χ2v) is 3.91. The molecule has 1 atom stereocenters. The van der Waals surface area contributed by atoms with Crippen LogP contribution in [0.5, 0.6) is 0 Å². The maximum atomic E-state index is 13.3. The number of nitrogens with one attached hydrogen (secondary N) is 1. The first-order chi connectivity index (χ1) is 8.06. The fourth-order valence-electron chi connectivity index (χ4n) is 1.48. The number of rotatable bonds is 5. The number of benzene rings is 1. The van der Waals surface area contributed by atoms with E-state index < -0.39 is 17.5 Å². The number of hydrogen-bond acceptors (Lipinski definition) is 2. The first-order valence-corrected chi connectivity index (χ1v) is 5.51. The summed E-state index contributed by atoms with van der Waals surface area (Å²) < 4.78 is 26.2. The zero-order valence-corrected chi connectivity index (χ0v) is 9.67. The van der Waals surface area contributed by atoms with Gasteiger partial charge in [0.1, 0.15) is 0 Å². The van der Waals surface area contributed by atoms with Crippen LogP contribution >= 0.6 is 0 Å². The Morgan fingerprint density at radius 2 is 2.18 bits per heavy atom. The minimum atomic E-state index is -1.11. The van der Waals surface area contributed by atoms with E-state index in [1.165, 1.54) is 12.1 Å². The molecule has 17 heavy (non-hydrogen) atoms. The number of hydrogen-bond donors (Lipinski definition) is 2. The molecular formula is C12H16F2N2O. The van der Waals surface area contributed by atoms with Gasteiger partial charge in [-0.2, -0.15) is 0 Å². The highest BCUT2D eigenvalue weighted by Gasteiger charge is 2.16. The van der Waals surface area contributed by atoms with Crippen LogP contribution in [0.1, 0.15) is 30.1 Å². The van der Waals surface area contributed by atoms with Crippen LogP contribution in [0.3, 0.4) is 0 Å². The van der Waals surface area contributed by atoms with E-state index in [4.69, 9.17) is 5.73 Å². The molecule has 0 radical (unpaired) electrons. The molecule has 5 heteroatoms. The lowest BCUT2D eigenvalue weighted by atomic mass is 10.1. The Labute approximate surface area is 99.0 Å². The zero-order chi connectivity index (χ0) is 12.8. The Morgan fingerprint density at radius 1 is 1.47 bits per heavy atom. The second-order valence-electron chi connectivity index (χ2n) is 3.91. The van der Waals surface area contributed by atoms with Gasteiger partial charge in [0.05, 0.1) is 5.56 Å². The summed E-state index contributed by atoms with van der Waals surface area (Å²) in [6.07, 6.45) is 1.48. The third-order valence-corrected chi connectivity index (χ3v) is 2.41. The quantitative estimate of drug-likeness (QED) is 0.827. The van der Waals surface area contributed by atoms with Gasteiger partial charge in [-0.05, 0) is 38.4 Å². The summed E-state index contributed by atoms with van der Waals surface area (Å²) in [6.45, 7) is 2.33. The van der Waals surface area contributed by atoms with Gasteiger partial charge < -0.3 is 11.1 Å². The molecule has 0 bridgehead atoms. The second kappa shape index (κ2) is 6.30. The van der Waals surface area contributed by atoms with Gasteiger partial charge in [-0.15, -0.1) is 0 Å². The van der Waals surface area contributed by atoms with Crippen molar-refractivity contribution in [2.24, 2.45) is 5.73 Å². The molecule has 0 heterocycles. The van der Waals surface area contributed by atoms with Gasteiger partial charge in [0.2, 0.25) is 0 Å². The van der Waals surface area contributed by atoms with Gasteiger partial charge in [-0.3, -0.25) is 4.79 Å². The Morgan fingerprint density at radius 3 is 2.82 bits per heavy atom. The minimum Gasteiger partial charge on any atom is -0.349 e. The van der Waals surface area contributed by atoms with Gasteiger partial charge in [-0.1, -0.05) is 6.07 Å². The number of amides is 1. The zero-order valence-electron chi connectivity index (χ0n) is 9.67. The predicted molar refractivity (Wildman–Crippen MR) is 61.6 cm³/mol. The van der Waals surface area contributed by atoms with Crippen molar-refractivity contribution in [2.75, 3.05) is 6.54 Å². The van der Waals surface area contributed by atoms with Crippen molar-refractivity contribution < 1.29 is 13.6 Å². The van der Waals surface area contributed by atoms with Gasteiger partial charge in [-0.25, -0.2) is 8.78 Å². The van der Waals surface area contributed by atoms with E-state index in [0.717, 1.165) is 12.5 Å². The molecule has 94 valence electrons. The number of nitrogens with two attached hydrogens (primary N) is 1. The summed E-state index contributed by atoms with van der Waals surface area (Å²) in [7, 11) is 0. The number of carbonyl (C=O) groups excluding carboxylic acids is 1. The third kappa shape index (κ3) is 3.78. The fourth-order valence-corrected chi connectivity index (χ4v) is 1.48. The topological polar surface area (TPSA) is 55.1 Å².